The van der Waals surface area contributed by atoms with E-state index < -0.39 is 23.6 Å². The number of carbonyl (C=O) groups excluding carboxylic acids is 3. The lowest BCUT2D eigenvalue weighted by atomic mass is 10.0. The molecule has 9 rings (SSSR count). The molecule has 3 saturated heterocycles. The van der Waals surface area contributed by atoms with Crippen molar-refractivity contribution < 1.29 is 23.2 Å². The number of hydrogen-bond donors (Lipinski definition) is 2. The van der Waals surface area contributed by atoms with Crippen molar-refractivity contribution in [1.82, 2.24) is 44.5 Å². The SMILES string of the molecule is Cc1nc2c(F)cc(-c3nc(Nc4ccc(CN5CCN(C6CN(c7ccc8c(c7)CN(C7CCC(=O)NC7=O)C8=O)C6)CC5)cn4)ncc3F)cc2n1C(C)C. The Morgan fingerprint density at radius 2 is 1.74 bits per heavy atom. The molecule has 0 aliphatic carbocycles. The Balaban J connectivity index is 0.765. The van der Waals surface area contributed by atoms with Crippen LogP contribution in [0.15, 0.2) is 54.9 Å². The maximum Gasteiger partial charge on any atom is 0.255 e. The third-order valence-electron chi connectivity index (χ3n) is 11.6. The summed E-state index contributed by atoms with van der Waals surface area (Å²) in [7, 11) is 0. The van der Waals surface area contributed by atoms with Crippen LogP contribution >= 0.6 is 0 Å². The van der Waals surface area contributed by atoms with Gasteiger partial charge in [0.1, 0.15) is 28.9 Å². The van der Waals surface area contributed by atoms with E-state index in [1.54, 1.807) is 11.0 Å². The van der Waals surface area contributed by atoms with Crippen LogP contribution in [0.5, 0.6) is 0 Å². The average molecular weight is 776 g/mol. The number of fused-ring (bicyclic) bond motifs is 2. The first kappa shape index (κ1) is 36.7. The molecule has 3 aromatic heterocycles. The van der Waals surface area contributed by atoms with Crippen molar-refractivity contribution in [2.24, 2.45) is 0 Å². The minimum Gasteiger partial charge on any atom is -0.368 e. The van der Waals surface area contributed by atoms with Gasteiger partial charge in [-0.1, -0.05) is 6.07 Å². The quantitative estimate of drug-likeness (QED) is 0.203. The van der Waals surface area contributed by atoms with E-state index in [4.69, 9.17) is 0 Å². The molecule has 3 amide bonds. The fourth-order valence-electron chi connectivity index (χ4n) is 8.59. The van der Waals surface area contributed by atoms with Gasteiger partial charge in [0.05, 0.1) is 11.7 Å². The molecule has 0 bridgehead atoms. The summed E-state index contributed by atoms with van der Waals surface area (Å²) < 4.78 is 32.1. The maximum absolute atomic E-state index is 15.1. The van der Waals surface area contributed by atoms with Gasteiger partial charge in [0, 0.05) is 93.9 Å². The number of rotatable bonds is 9. The van der Waals surface area contributed by atoms with Gasteiger partial charge in [-0.25, -0.2) is 28.7 Å². The Morgan fingerprint density at radius 1 is 0.930 bits per heavy atom. The molecule has 4 aliphatic heterocycles. The molecular weight excluding hydrogens is 733 g/mol. The molecule has 14 nitrogen and oxygen atoms in total. The molecule has 0 spiro atoms. The zero-order valence-electron chi connectivity index (χ0n) is 32.0. The summed E-state index contributed by atoms with van der Waals surface area (Å²) in [5, 5.41) is 5.42. The molecule has 0 radical (unpaired) electrons. The van der Waals surface area contributed by atoms with Crippen LogP contribution in [0.3, 0.4) is 0 Å². The number of nitrogens with zero attached hydrogens (tertiary/aromatic N) is 9. The van der Waals surface area contributed by atoms with Crippen LogP contribution in [0.4, 0.5) is 26.2 Å². The summed E-state index contributed by atoms with van der Waals surface area (Å²) in [6, 6.07) is 12.6. The van der Waals surface area contributed by atoms with E-state index in [-0.39, 0.29) is 41.4 Å². The van der Waals surface area contributed by atoms with E-state index in [0.717, 1.165) is 68.8 Å². The van der Waals surface area contributed by atoms with Crippen LogP contribution in [0, 0.1) is 18.6 Å². The summed E-state index contributed by atoms with van der Waals surface area (Å²) in [5.74, 6) is -0.712. The minimum absolute atomic E-state index is 0.0196. The number of anilines is 3. The van der Waals surface area contributed by atoms with Gasteiger partial charge in [-0.2, -0.15) is 0 Å². The molecule has 4 aliphatic rings. The van der Waals surface area contributed by atoms with E-state index >= 15 is 8.78 Å². The first-order valence-corrected chi connectivity index (χ1v) is 19.4. The minimum atomic E-state index is -0.663. The summed E-state index contributed by atoms with van der Waals surface area (Å²) in [4.78, 5) is 63.4. The van der Waals surface area contributed by atoms with Crippen molar-refractivity contribution >= 4 is 46.2 Å². The number of benzene rings is 2. The van der Waals surface area contributed by atoms with Crippen molar-refractivity contribution in [3.05, 3.63) is 89.0 Å². The van der Waals surface area contributed by atoms with Gasteiger partial charge in [-0.05, 0) is 74.7 Å². The average Bonchev–Trinajstić information content (AvgIpc) is 3.69. The number of carbonyl (C=O) groups is 3. The van der Waals surface area contributed by atoms with E-state index in [9.17, 15) is 14.4 Å². The second-order valence-electron chi connectivity index (χ2n) is 15.6. The van der Waals surface area contributed by atoms with Crippen LogP contribution in [0.25, 0.3) is 22.3 Å². The number of imide groups is 1. The Bertz CT molecular complexity index is 2410. The number of aryl methyl sites for hydroxylation is 1. The Kier molecular flexibility index (Phi) is 9.39. The molecule has 2 N–H and O–H groups in total. The van der Waals surface area contributed by atoms with Crippen LogP contribution in [0.1, 0.15) is 60.0 Å². The fourth-order valence-corrected chi connectivity index (χ4v) is 8.59. The number of amides is 3. The molecule has 16 heteroatoms. The van der Waals surface area contributed by atoms with Gasteiger partial charge >= 0.3 is 0 Å². The largest absolute Gasteiger partial charge is 0.368 e. The van der Waals surface area contributed by atoms with Crippen molar-refractivity contribution in [1.29, 1.82) is 0 Å². The lowest BCUT2D eigenvalue weighted by Gasteiger charge is -2.49. The fraction of sp³-hybridized carbons (Fsp3) is 0.390. The Morgan fingerprint density at radius 3 is 2.47 bits per heavy atom. The van der Waals surface area contributed by atoms with Crippen molar-refractivity contribution in [3.8, 4) is 11.3 Å². The van der Waals surface area contributed by atoms with Gasteiger partial charge < -0.3 is 19.7 Å². The standard InChI is InChI=1S/C41H43F2N11O3/c1-23(2)54-24(3)46-38-31(42)15-26(16-34(38)54)37-32(43)18-45-41(49-37)47-35-8-4-25(17-44-35)19-50-10-12-51(13-11-50)29-21-52(22-29)28-5-6-30-27(14-28)20-53(40(30)57)33-7-9-36(55)48-39(33)56/h4-6,8,14-18,23,29,33H,7,9-13,19-22H2,1-3H3,(H,48,55,56)(H,44,45,47,49). The van der Waals surface area contributed by atoms with Crippen molar-refractivity contribution in [2.45, 2.75) is 64.8 Å². The first-order valence-electron chi connectivity index (χ1n) is 19.4. The normalized spacial score (nSPS) is 19.4. The molecule has 7 heterocycles. The van der Waals surface area contributed by atoms with Gasteiger partial charge in [0.25, 0.3) is 5.91 Å². The highest BCUT2D eigenvalue weighted by Crippen LogP contribution is 2.34. The molecule has 5 aromatic rings. The third kappa shape index (κ3) is 6.96. The molecule has 294 valence electrons. The summed E-state index contributed by atoms with van der Waals surface area (Å²) in [6.07, 6.45) is 3.48. The summed E-state index contributed by atoms with van der Waals surface area (Å²) in [6.45, 7) is 12.6. The van der Waals surface area contributed by atoms with Crippen LogP contribution in [0.2, 0.25) is 0 Å². The number of piperazine rings is 1. The lowest BCUT2D eigenvalue weighted by Crippen LogP contribution is -2.63. The molecular formula is C41H43F2N11O3. The van der Waals surface area contributed by atoms with Gasteiger partial charge in [0.2, 0.25) is 17.8 Å². The second kappa shape index (κ2) is 14.6. The third-order valence-corrected chi connectivity index (χ3v) is 11.6. The number of pyridine rings is 1. The van der Waals surface area contributed by atoms with Crippen molar-refractivity contribution in [3.63, 3.8) is 0 Å². The Hall–Kier alpha value is -5.87. The predicted octanol–water partition coefficient (Wildman–Crippen LogP) is 4.57. The maximum atomic E-state index is 15.1. The molecule has 0 saturated carbocycles. The zero-order chi connectivity index (χ0) is 39.5. The zero-order valence-corrected chi connectivity index (χ0v) is 32.0. The number of imidazole rings is 1. The topological polar surface area (TPSA) is 145 Å². The van der Waals surface area contributed by atoms with Gasteiger partial charge in [0.15, 0.2) is 11.6 Å². The van der Waals surface area contributed by atoms with E-state index in [1.165, 1.54) is 6.07 Å². The van der Waals surface area contributed by atoms with Gasteiger partial charge in [-0.15, -0.1) is 0 Å². The Labute approximate surface area is 327 Å². The van der Waals surface area contributed by atoms with E-state index in [1.807, 2.05) is 55.8 Å². The molecule has 1 unspecified atom stereocenters. The number of halogens is 2. The molecule has 3 fully saturated rings. The highest BCUT2D eigenvalue weighted by Gasteiger charge is 2.40. The van der Waals surface area contributed by atoms with Crippen LogP contribution < -0.4 is 15.5 Å². The second-order valence-corrected chi connectivity index (χ2v) is 15.6. The number of hydrogen-bond acceptors (Lipinski definition) is 11. The number of aromatic nitrogens is 5. The number of nitrogens with one attached hydrogen (secondary N) is 2. The monoisotopic (exact) mass is 775 g/mol. The highest BCUT2D eigenvalue weighted by atomic mass is 19.1. The molecule has 57 heavy (non-hydrogen) atoms. The lowest BCUT2D eigenvalue weighted by molar-refractivity contribution is -0.136. The van der Waals surface area contributed by atoms with Crippen LogP contribution in [-0.2, 0) is 22.7 Å². The van der Waals surface area contributed by atoms with Crippen molar-refractivity contribution in [2.75, 3.05) is 49.5 Å². The highest BCUT2D eigenvalue weighted by molar-refractivity contribution is 6.05. The summed E-state index contributed by atoms with van der Waals surface area (Å²) >= 11 is 0. The first-order chi connectivity index (χ1) is 27.5. The summed E-state index contributed by atoms with van der Waals surface area (Å²) in [5.41, 5.74) is 4.79. The molecule has 2 aromatic carbocycles. The smallest absolute Gasteiger partial charge is 0.255 e. The van der Waals surface area contributed by atoms with E-state index in [0.29, 0.717) is 47.3 Å². The van der Waals surface area contributed by atoms with E-state index in [2.05, 4.69) is 51.3 Å². The molecule has 1 atom stereocenters. The van der Waals surface area contributed by atoms with Gasteiger partial charge in [-0.3, -0.25) is 29.5 Å². The number of piperidine rings is 1. The van der Waals surface area contributed by atoms with Crippen LogP contribution in [-0.4, -0.2) is 108 Å². The predicted molar refractivity (Wildman–Crippen MR) is 209 cm³/mol.